The Morgan fingerprint density at radius 2 is 1.96 bits per heavy atom. The number of ether oxygens (including phenoxy) is 2. The molecule has 1 amide bonds. The molecule has 0 radical (unpaired) electrons. The van der Waals surface area contributed by atoms with Gasteiger partial charge in [0.05, 0.1) is 18.0 Å². The number of carbonyl (C=O) groups excluding carboxylic acids is 1. The molecule has 0 saturated heterocycles. The van der Waals surface area contributed by atoms with Gasteiger partial charge in [-0.15, -0.1) is 0 Å². The molecule has 0 bridgehead atoms. The molecule has 1 aromatic carbocycles. The molecule has 1 heterocycles. The summed E-state index contributed by atoms with van der Waals surface area (Å²) in [4.78, 5) is 14.0. The minimum absolute atomic E-state index is 0.0513. The summed E-state index contributed by atoms with van der Waals surface area (Å²) < 4.78 is 13.0. The minimum atomic E-state index is -0.153. The number of hydrogen-bond donors (Lipinski definition) is 0. The van der Waals surface area contributed by atoms with Crippen molar-refractivity contribution >= 4 is 11.6 Å². The van der Waals surface area contributed by atoms with Gasteiger partial charge in [-0.25, -0.2) is 0 Å². The van der Waals surface area contributed by atoms with Gasteiger partial charge in [-0.05, 0) is 32.9 Å². The zero-order valence-corrected chi connectivity index (χ0v) is 14.3. The number of hydrogen-bond acceptors (Lipinski definition) is 4. The van der Waals surface area contributed by atoms with Crippen molar-refractivity contribution in [2.45, 2.75) is 20.8 Å². The second kappa shape index (κ2) is 7.17. The van der Waals surface area contributed by atoms with Crippen LogP contribution < -0.4 is 14.4 Å². The molecule has 1 aromatic heterocycles. The molecule has 0 unspecified atom stereocenters. The number of anilines is 1. The fourth-order valence-electron chi connectivity index (χ4n) is 2.34. The molecule has 23 heavy (non-hydrogen) atoms. The normalized spacial score (nSPS) is 10.5. The molecule has 6 nitrogen and oxygen atoms in total. The number of benzene rings is 1. The predicted octanol–water partition coefficient (Wildman–Crippen LogP) is 2.48. The molecule has 2 aromatic rings. The number of para-hydroxylation sites is 2. The van der Waals surface area contributed by atoms with E-state index in [0.29, 0.717) is 18.1 Å². The standard InChI is InChI=1S/C17H23N3O3/c1-6-22-15-10-8-7-9-14(15)19(4)16(21)11-23-17-12(2)18-20(5)13(17)3/h7-10H,6,11H2,1-5H3. The zero-order chi connectivity index (χ0) is 17.0. The summed E-state index contributed by atoms with van der Waals surface area (Å²) in [5, 5.41) is 4.28. The molecular formula is C17H23N3O3. The first-order valence-corrected chi connectivity index (χ1v) is 7.57. The average molecular weight is 317 g/mol. The highest BCUT2D eigenvalue weighted by Crippen LogP contribution is 2.27. The van der Waals surface area contributed by atoms with E-state index in [1.807, 2.05) is 52.1 Å². The van der Waals surface area contributed by atoms with Crippen molar-refractivity contribution in [1.29, 1.82) is 0 Å². The molecule has 0 aliphatic carbocycles. The van der Waals surface area contributed by atoms with Gasteiger partial charge in [-0.3, -0.25) is 9.48 Å². The topological polar surface area (TPSA) is 56.6 Å². The monoisotopic (exact) mass is 317 g/mol. The number of aryl methyl sites for hydroxylation is 2. The third-order valence-corrected chi connectivity index (χ3v) is 3.68. The fourth-order valence-corrected chi connectivity index (χ4v) is 2.34. The lowest BCUT2D eigenvalue weighted by atomic mass is 10.2. The van der Waals surface area contributed by atoms with Gasteiger partial charge in [-0.1, -0.05) is 12.1 Å². The Morgan fingerprint density at radius 3 is 2.57 bits per heavy atom. The zero-order valence-electron chi connectivity index (χ0n) is 14.3. The summed E-state index contributed by atoms with van der Waals surface area (Å²) in [6, 6.07) is 7.45. The number of aromatic nitrogens is 2. The lowest BCUT2D eigenvalue weighted by Crippen LogP contribution is -2.31. The van der Waals surface area contributed by atoms with E-state index >= 15 is 0 Å². The molecule has 0 aliphatic rings. The molecule has 0 saturated carbocycles. The molecule has 6 heteroatoms. The molecule has 2 rings (SSSR count). The maximum Gasteiger partial charge on any atom is 0.264 e. The van der Waals surface area contributed by atoms with E-state index in [2.05, 4.69) is 5.10 Å². The summed E-state index contributed by atoms with van der Waals surface area (Å²) in [5.41, 5.74) is 2.39. The third kappa shape index (κ3) is 3.64. The molecule has 0 N–H and O–H groups in total. The molecule has 0 fully saturated rings. The predicted molar refractivity (Wildman–Crippen MR) is 89.2 cm³/mol. The van der Waals surface area contributed by atoms with Crippen molar-refractivity contribution in [1.82, 2.24) is 9.78 Å². The molecule has 0 atom stereocenters. The average Bonchev–Trinajstić information content (AvgIpc) is 2.78. The van der Waals surface area contributed by atoms with Crippen LogP contribution in [-0.2, 0) is 11.8 Å². The van der Waals surface area contributed by atoms with Crippen LogP contribution in [0.15, 0.2) is 24.3 Å². The lowest BCUT2D eigenvalue weighted by Gasteiger charge is -2.20. The van der Waals surface area contributed by atoms with Crippen molar-refractivity contribution in [3.63, 3.8) is 0 Å². The van der Waals surface area contributed by atoms with Crippen LogP contribution in [0.3, 0.4) is 0 Å². The van der Waals surface area contributed by atoms with Crippen LogP contribution in [0.5, 0.6) is 11.5 Å². The Labute approximate surface area is 136 Å². The number of amides is 1. The third-order valence-electron chi connectivity index (χ3n) is 3.68. The lowest BCUT2D eigenvalue weighted by molar-refractivity contribution is -0.120. The number of carbonyl (C=O) groups is 1. The van der Waals surface area contributed by atoms with Gasteiger partial charge >= 0.3 is 0 Å². The summed E-state index contributed by atoms with van der Waals surface area (Å²) >= 11 is 0. The first-order chi connectivity index (χ1) is 11.0. The first kappa shape index (κ1) is 16.9. The van der Waals surface area contributed by atoms with Crippen LogP contribution in [0, 0.1) is 13.8 Å². The van der Waals surface area contributed by atoms with Gasteiger partial charge in [0.2, 0.25) is 0 Å². The van der Waals surface area contributed by atoms with E-state index in [0.717, 1.165) is 17.1 Å². The van der Waals surface area contributed by atoms with E-state index in [4.69, 9.17) is 9.47 Å². The largest absolute Gasteiger partial charge is 0.492 e. The Bertz CT molecular complexity index is 694. The summed E-state index contributed by atoms with van der Waals surface area (Å²) in [7, 11) is 3.56. The van der Waals surface area contributed by atoms with Crippen LogP contribution in [0.25, 0.3) is 0 Å². The van der Waals surface area contributed by atoms with Crippen LogP contribution >= 0.6 is 0 Å². The maximum atomic E-state index is 12.4. The Kier molecular flexibility index (Phi) is 5.26. The summed E-state index contributed by atoms with van der Waals surface area (Å²) in [6.45, 7) is 6.18. The quantitative estimate of drug-likeness (QED) is 0.821. The van der Waals surface area contributed by atoms with Crippen molar-refractivity contribution in [2.75, 3.05) is 25.2 Å². The Balaban J connectivity index is 2.09. The minimum Gasteiger partial charge on any atom is -0.492 e. The molecular weight excluding hydrogens is 294 g/mol. The summed E-state index contributed by atoms with van der Waals surface area (Å²) in [5.74, 6) is 1.19. The Hall–Kier alpha value is -2.50. The number of likely N-dealkylation sites (N-methyl/N-ethyl adjacent to an activating group) is 1. The second-order valence-corrected chi connectivity index (χ2v) is 5.27. The Morgan fingerprint density at radius 1 is 1.26 bits per heavy atom. The van der Waals surface area contributed by atoms with Crippen molar-refractivity contribution in [3.05, 3.63) is 35.7 Å². The maximum absolute atomic E-state index is 12.4. The van der Waals surface area contributed by atoms with Gasteiger partial charge < -0.3 is 14.4 Å². The van der Waals surface area contributed by atoms with E-state index < -0.39 is 0 Å². The number of rotatable bonds is 6. The van der Waals surface area contributed by atoms with E-state index in [1.54, 1.807) is 16.6 Å². The van der Waals surface area contributed by atoms with Crippen LogP contribution in [0.4, 0.5) is 5.69 Å². The molecule has 0 spiro atoms. The van der Waals surface area contributed by atoms with Gasteiger partial charge in [0.1, 0.15) is 11.4 Å². The van der Waals surface area contributed by atoms with Crippen LogP contribution in [0.1, 0.15) is 18.3 Å². The van der Waals surface area contributed by atoms with Crippen molar-refractivity contribution in [2.24, 2.45) is 7.05 Å². The van der Waals surface area contributed by atoms with Crippen molar-refractivity contribution < 1.29 is 14.3 Å². The van der Waals surface area contributed by atoms with E-state index in [1.165, 1.54) is 0 Å². The van der Waals surface area contributed by atoms with Crippen LogP contribution in [0.2, 0.25) is 0 Å². The summed E-state index contributed by atoms with van der Waals surface area (Å²) in [6.07, 6.45) is 0. The smallest absolute Gasteiger partial charge is 0.264 e. The fraction of sp³-hybridized carbons (Fsp3) is 0.412. The number of nitrogens with zero attached hydrogens (tertiary/aromatic N) is 3. The second-order valence-electron chi connectivity index (χ2n) is 5.27. The highest BCUT2D eigenvalue weighted by atomic mass is 16.5. The molecule has 124 valence electrons. The van der Waals surface area contributed by atoms with Gasteiger partial charge in [0, 0.05) is 14.1 Å². The SMILES string of the molecule is CCOc1ccccc1N(C)C(=O)COc1c(C)nn(C)c1C. The van der Waals surface area contributed by atoms with Gasteiger partial charge in [0.15, 0.2) is 12.4 Å². The highest BCUT2D eigenvalue weighted by molar-refractivity contribution is 5.95. The highest BCUT2D eigenvalue weighted by Gasteiger charge is 2.18. The van der Waals surface area contributed by atoms with Gasteiger partial charge in [-0.2, -0.15) is 5.10 Å². The van der Waals surface area contributed by atoms with E-state index in [-0.39, 0.29) is 12.5 Å². The first-order valence-electron chi connectivity index (χ1n) is 7.57. The van der Waals surface area contributed by atoms with Gasteiger partial charge in [0.25, 0.3) is 5.91 Å². The molecule has 0 aliphatic heterocycles. The van der Waals surface area contributed by atoms with Crippen molar-refractivity contribution in [3.8, 4) is 11.5 Å². The van der Waals surface area contributed by atoms with E-state index in [9.17, 15) is 4.79 Å². The van der Waals surface area contributed by atoms with Crippen LogP contribution in [-0.4, -0.2) is 35.9 Å².